The van der Waals surface area contributed by atoms with Crippen LogP contribution in [0.3, 0.4) is 0 Å². The minimum Gasteiger partial charge on any atom is -0.481 e. The third-order valence-electron chi connectivity index (χ3n) is 8.99. The number of carboxylic acid groups (broad SMARTS) is 1. The van der Waals surface area contributed by atoms with E-state index < -0.39 is 29.8 Å². The smallest absolute Gasteiger partial charge is 0.306 e. The number of carboxylic acids is 1. The number of rotatable bonds is 13. The highest BCUT2D eigenvalue weighted by Gasteiger charge is 2.47. The maximum absolute atomic E-state index is 13.1. The molecule has 3 heterocycles. The third-order valence-corrected chi connectivity index (χ3v) is 8.99. The molecule has 0 aliphatic carbocycles. The van der Waals surface area contributed by atoms with Crippen LogP contribution < -0.4 is 5.32 Å². The fraction of sp³-hybridized carbons (Fsp3) is 0.250. The van der Waals surface area contributed by atoms with Gasteiger partial charge in [0.25, 0.3) is 5.91 Å². The summed E-state index contributed by atoms with van der Waals surface area (Å²) < 4.78 is 14.1. The van der Waals surface area contributed by atoms with Crippen LogP contribution in [0.5, 0.6) is 0 Å². The van der Waals surface area contributed by atoms with Crippen LogP contribution in [0, 0.1) is 0 Å². The average Bonchev–Trinajstić information content (AvgIpc) is 3.63. The van der Waals surface area contributed by atoms with Crippen LogP contribution in [0.2, 0.25) is 0 Å². The minimum atomic E-state index is -1.08. The van der Waals surface area contributed by atoms with Gasteiger partial charge in [-0.3, -0.25) is 23.9 Å². The number of carbonyl (C=O) groups excluding carboxylic acids is 2. The summed E-state index contributed by atoms with van der Waals surface area (Å²) in [4.78, 5) is 52.6. The van der Waals surface area contributed by atoms with Crippen LogP contribution in [0.25, 0.3) is 11.2 Å². The van der Waals surface area contributed by atoms with Gasteiger partial charge in [-0.15, -0.1) is 0 Å². The summed E-state index contributed by atoms with van der Waals surface area (Å²) in [6.45, 7) is 4.59. The Kier molecular flexibility index (Phi) is 11.3. The molecular weight excluding hydrogens is 660 g/mol. The quantitative estimate of drug-likeness (QED) is 0.108. The maximum Gasteiger partial charge on any atom is 0.306 e. The van der Waals surface area contributed by atoms with Crippen molar-refractivity contribution in [3.8, 4) is 0 Å². The molecule has 0 spiro atoms. The standard InChI is InChI=1S/C40H40N6O6/c1-3-14-29(4-2)40(30-17-10-6-11-18-30,31-19-12-7-13-20-31)45-23-32(25-51-35(49)22-21-34(47)48)52-33(24-45)46-27-43-36-37(41-26-42-38(36)46)44-39(50)28-15-8-5-9-16-28/h3-20,26-27,32-33H,21-25H2,1-2H3,(H,47,48)(H,41,42,44,50)/b14-3-,29-4+/t32-,33+/m0/s1. The predicted molar refractivity (Wildman–Crippen MR) is 195 cm³/mol. The van der Waals surface area contributed by atoms with Crippen molar-refractivity contribution in [2.45, 2.75) is 44.6 Å². The van der Waals surface area contributed by atoms with Gasteiger partial charge < -0.3 is 19.9 Å². The van der Waals surface area contributed by atoms with Crippen molar-refractivity contribution in [1.82, 2.24) is 24.4 Å². The monoisotopic (exact) mass is 700 g/mol. The molecule has 0 bridgehead atoms. The summed E-state index contributed by atoms with van der Waals surface area (Å²) >= 11 is 0. The highest BCUT2D eigenvalue weighted by atomic mass is 16.6. The van der Waals surface area contributed by atoms with E-state index in [1.165, 1.54) is 6.33 Å². The lowest BCUT2D eigenvalue weighted by Crippen LogP contribution is -2.57. The van der Waals surface area contributed by atoms with Gasteiger partial charge in [-0.1, -0.05) is 97.1 Å². The molecule has 2 N–H and O–H groups in total. The number of hydrogen-bond donors (Lipinski definition) is 2. The molecule has 12 nitrogen and oxygen atoms in total. The zero-order valence-corrected chi connectivity index (χ0v) is 29.0. The largest absolute Gasteiger partial charge is 0.481 e. The van der Waals surface area contributed by atoms with E-state index in [0.29, 0.717) is 29.8 Å². The Hall–Kier alpha value is -5.98. The molecule has 12 heteroatoms. The number of fused-ring (bicyclic) bond motifs is 1. The molecule has 2 atom stereocenters. The van der Waals surface area contributed by atoms with Crippen molar-refractivity contribution in [3.63, 3.8) is 0 Å². The Balaban J connectivity index is 1.44. The number of allylic oxidation sites excluding steroid dienone is 2. The maximum atomic E-state index is 13.1. The van der Waals surface area contributed by atoms with E-state index in [2.05, 4.69) is 61.6 Å². The lowest BCUT2D eigenvalue weighted by molar-refractivity contribution is -0.169. The lowest BCUT2D eigenvalue weighted by atomic mass is 9.74. The molecule has 6 rings (SSSR count). The van der Waals surface area contributed by atoms with Gasteiger partial charge in [0.2, 0.25) is 0 Å². The Labute approximate surface area is 301 Å². The number of carbonyl (C=O) groups is 3. The summed E-state index contributed by atoms with van der Waals surface area (Å²) in [7, 11) is 0. The number of benzene rings is 3. The molecule has 1 fully saturated rings. The van der Waals surface area contributed by atoms with E-state index in [1.54, 1.807) is 35.2 Å². The van der Waals surface area contributed by atoms with Gasteiger partial charge in [0.05, 0.1) is 24.7 Å². The number of nitrogens with zero attached hydrogens (tertiary/aromatic N) is 5. The molecule has 266 valence electrons. The molecule has 2 aromatic heterocycles. The van der Waals surface area contributed by atoms with Gasteiger partial charge in [0.15, 0.2) is 17.0 Å². The van der Waals surface area contributed by atoms with Crippen molar-refractivity contribution < 1.29 is 29.0 Å². The molecule has 0 radical (unpaired) electrons. The minimum absolute atomic E-state index is 0.111. The van der Waals surface area contributed by atoms with Gasteiger partial charge in [-0.2, -0.15) is 0 Å². The van der Waals surface area contributed by atoms with Crippen LogP contribution >= 0.6 is 0 Å². The predicted octanol–water partition coefficient (Wildman–Crippen LogP) is 6.15. The zero-order chi connectivity index (χ0) is 36.5. The summed E-state index contributed by atoms with van der Waals surface area (Å²) in [5.74, 6) is -1.79. The summed E-state index contributed by atoms with van der Waals surface area (Å²) in [5.41, 5.74) is 3.53. The number of esters is 1. The van der Waals surface area contributed by atoms with E-state index in [9.17, 15) is 14.4 Å². The summed E-state index contributed by atoms with van der Waals surface area (Å²) in [6, 6.07) is 29.3. The van der Waals surface area contributed by atoms with Crippen molar-refractivity contribution in [1.29, 1.82) is 0 Å². The molecule has 52 heavy (non-hydrogen) atoms. The topological polar surface area (TPSA) is 149 Å². The van der Waals surface area contributed by atoms with Gasteiger partial charge in [0, 0.05) is 18.7 Å². The molecule has 1 amide bonds. The zero-order valence-electron chi connectivity index (χ0n) is 29.0. The molecule has 1 aliphatic heterocycles. The number of ether oxygens (including phenoxy) is 2. The van der Waals surface area contributed by atoms with Gasteiger partial charge in [-0.05, 0) is 42.7 Å². The highest BCUT2D eigenvalue weighted by molar-refractivity contribution is 6.06. The molecule has 3 aromatic carbocycles. The number of hydrogen-bond acceptors (Lipinski definition) is 9. The second kappa shape index (κ2) is 16.4. The third kappa shape index (κ3) is 7.53. The number of aromatic nitrogens is 4. The van der Waals surface area contributed by atoms with Crippen LogP contribution in [0.15, 0.2) is 127 Å². The fourth-order valence-electron chi connectivity index (χ4n) is 6.74. The van der Waals surface area contributed by atoms with Gasteiger partial charge in [0.1, 0.15) is 25.3 Å². The summed E-state index contributed by atoms with van der Waals surface area (Å²) in [6.07, 6.45) is 7.28. The van der Waals surface area contributed by atoms with Crippen molar-refractivity contribution in [3.05, 3.63) is 144 Å². The van der Waals surface area contributed by atoms with Gasteiger partial charge in [-0.25, -0.2) is 15.0 Å². The molecule has 1 aliphatic rings. The van der Waals surface area contributed by atoms with E-state index >= 15 is 0 Å². The van der Waals surface area contributed by atoms with Crippen molar-refractivity contribution in [2.24, 2.45) is 0 Å². The van der Waals surface area contributed by atoms with Crippen molar-refractivity contribution >= 4 is 34.8 Å². The first-order chi connectivity index (χ1) is 25.3. The second-order valence-corrected chi connectivity index (χ2v) is 12.2. The summed E-state index contributed by atoms with van der Waals surface area (Å²) in [5, 5.41) is 12.0. The van der Waals surface area contributed by atoms with E-state index in [1.807, 2.05) is 62.4 Å². The SMILES string of the molecule is C/C=C\C(=C/C)C(c1ccccc1)(c1ccccc1)N1C[C@@H](COC(=O)CCC(=O)O)O[C@@H](n2cnc3c(NC(=O)c4ccccc4)ncnc32)C1. The molecule has 5 aromatic rings. The van der Waals surface area contributed by atoms with E-state index in [-0.39, 0.29) is 31.2 Å². The molecule has 1 saturated heterocycles. The number of morpholine rings is 1. The molecule has 0 saturated carbocycles. The highest BCUT2D eigenvalue weighted by Crippen LogP contribution is 2.45. The normalized spacial score (nSPS) is 16.9. The first-order valence-corrected chi connectivity index (χ1v) is 17.1. The second-order valence-electron chi connectivity index (χ2n) is 12.2. The fourth-order valence-corrected chi connectivity index (χ4v) is 6.74. The van der Waals surface area contributed by atoms with Crippen LogP contribution in [0.4, 0.5) is 5.82 Å². The van der Waals surface area contributed by atoms with Crippen LogP contribution in [-0.4, -0.2) is 73.2 Å². The Bertz CT molecular complexity index is 2030. The number of imidazole rings is 1. The van der Waals surface area contributed by atoms with Crippen LogP contribution in [-0.2, 0) is 24.6 Å². The average molecular weight is 701 g/mol. The number of aliphatic carboxylic acids is 1. The Morgan fingerprint density at radius 1 is 0.904 bits per heavy atom. The first kappa shape index (κ1) is 35.8. The first-order valence-electron chi connectivity index (χ1n) is 17.1. The molecule has 0 unspecified atom stereocenters. The van der Waals surface area contributed by atoms with Crippen molar-refractivity contribution in [2.75, 3.05) is 25.0 Å². The number of anilines is 1. The number of nitrogens with one attached hydrogen (secondary N) is 1. The molecular formula is C40H40N6O6. The van der Waals surface area contributed by atoms with Gasteiger partial charge >= 0.3 is 11.9 Å². The van der Waals surface area contributed by atoms with Crippen LogP contribution in [0.1, 0.15) is 54.4 Å². The number of amides is 1. The Morgan fingerprint density at radius 3 is 2.17 bits per heavy atom. The van der Waals surface area contributed by atoms with E-state index in [4.69, 9.17) is 14.6 Å². The Morgan fingerprint density at radius 2 is 1.56 bits per heavy atom. The van der Waals surface area contributed by atoms with E-state index in [0.717, 1.165) is 16.7 Å². The lowest BCUT2D eigenvalue weighted by Gasteiger charge is -2.51.